The van der Waals surface area contributed by atoms with Gasteiger partial charge in [0.15, 0.2) is 22.9 Å². The number of Topliss-reactive ketones (excluding diaryl/α,β-unsaturated/α-hetero) is 1. The molecule has 3 heterocycles. The molecule has 5 rings (SSSR count). The first-order valence-corrected chi connectivity index (χ1v) is 11.0. The van der Waals surface area contributed by atoms with Crippen molar-refractivity contribution >= 4 is 28.3 Å². The number of hydrogen-bond acceptors (Lipinski definition) is 7. The van der Waals surface area contributed by atoms with Gasteiger partial charge in [-0.15, -0.1) is 0 Å². The second-order valence-electron chi connectivity index (χ2n) is 7.84. The standard InChI is InChI=1S/C27H22N2O6/c1-3-34-18-12-10-17(11-13-18)29-23(19-8-4-5-14-28-19)22(25(31)27(29)32)24(30)21-15-16-7-6-9-20(33-2)26(16)35-21/h4-15,23,31H,3H2,1-2H3. The van der Waals surface area contributed by atoms with Gasteiger partial charge in [0.1, 0.15) is 11.8 Å². The van der Waals surface area contributed by atoms with Crippen LogP contribution >= 0.6 is 0 Å². The van der Waals surface area contributed by atoms with Crippen molar-refractivity contribution < 1.29 is 28.6 Å². The second-order valence-corrected chi connectivity index (χ2v) is 7.84. The number of aliphatic hydroxyl groups is 1. The highest BCUT2D eigenvalue weighted by Crippen LogP contribution is 2.42. The Morgan fingerprint density at radius 1 is 1.11 bits per heavy atom. The summed E-state index contributed by atoms with van der Waals surface area (Å²) in [5.41, 5.74) is 1.20. The minimum Gasteiger partial charge on any atom is -0.503 e. The van der Waals surface area contributed by atoms with E-state index >= 15 is 0 Å². The van der Waals surface area contributed by atoms with Gasteiger partial charge in [-0.1, -0.05) is 18.2 Å². The number of aliphatic hydroxyl groups excluding tert-OH is 1. The molecule has 35 heavy (non-hydrogen) atoms. The van der Waals surface area contributed by atoms with E-state index in [9.17, 15) is 14.7 Å². The highest BCUT2D eigenvalue weighted by Gasteiger charge is 2.46. The molecule has 0 radical (unpaired) electrons. The third-order valence-corrected chi connectivity index (χ3v) is 5.80. The third-order valence-electron chi connectivity index (χ3n) is 5.80. The fraction of sp³-hybridized carbons (Fsp3) is 0.148. The number of fused-ring (bicyclic) bond motifs is 1. The fourth-order valence-corrected chi connectivity index (χ4v) is 4.23. The molecule has 0 saturated heterocycles. The summed E-state index contributed by atoms with van der Waals surface area (Å²) in [6.45, 7) is 2.38. The Bertz CT molecular complexity index is 1440. The molecule has 1 aliphatic heterocycles. The van der Waals surface area contributed by atoms with E-state index in [1.54, 1.807) is 72.9 Å². The molecule has 0 bridgehead atoms. The van der Waals surface area contributed by atoms with Crippen LogP contribution in [0.1, 0.15) is 29.2 Å². The van der Waals surface area contributed by atoms with E-state index in [-0.39, 0.29) is 11.3 Å². The SMILES string of the molecule is CCOc1ccc(N2C(=O)C(O)=C(C(=O)c3cc4cccc(OC)c4o3)C2c2ccccn2)cc1. The molecule has 176 valence electrons. The Morgan fingerprint density at radius 2 is 1.91 bits per heavy atom. The fourth-order valence-electron chi connectivity index (χ4n) is 4.23. The lowest BCUT2D eigenvalue weighted by molar-refractivity contribution is -0.117. The van der Waals surface area contributed by atoms with E-state index in [0.717, 1.165) is 0 Å². The molecule has 4 aromatic rings. The van der Waals surface area contributed by atoms with E-state index in [2.05, 4.69) is 4.98 Å². The van der Waals surface area contributed by atoms with E-state index in [1.807, 2.05) is 6.92 Å². The van der Waals surface area contributed by atoms with Crippen LogP contribution in [0.15, 0.2) is 88.7 Å². The van der Waals surface area contributed by atoms with Gasteiger partial charge in [0.2, 0.25) is 5.78 Å². The summed E-state index contributed by atoms with van der Waals surface area (Å²) in [4.78, 5) is 32.7. The van der Waals surface area contributed by atoms with Crippen LogP contribution in [0.4, 0.5) is 5.69 Å². The molecule has 8 heteroatoms. The number of anilines is 1. The zero-order chi connectivity index (χ0) is 24.5. The van der Waals surface area contributed by atoms with Crippen LogP contribution in [-0.4, -0.2) is 35.5 Å². The molecule has 0 fully saturated rings. The maximum absolute atomic E-state index is 13.7. The molecule has 2 aromatic carbocycles. The smallest absolute Gasteiger partial charge is 0.294 e. The zero-order valence-corrected chi connectivity index (χ0v) is 19.1. The molecular formula is C27H22N2O6. The number of nitrogens with zero attached hydrogens (tertiary/aromatic N) is 2. The molecule has 0 aliphatic carbocycles. The Hall–Kier alpha value is -4.59. The number of para-hydroxylation sites is 1. The van der Waals surface area contributed by atoms with Gasteiger partial charge < -0.3 is 19.0 Å². The van der Waals surface area contributed by atoms with Crippen molar-refractivity contribution in [2.75, 3.05) is 18.6 Å². The van der Waals surface area contributed by atoms with Gasteiger partial charge in [0, 0.05) is 17.3 Å². The average Bonchev–Trinajstić information content (AvgIpc) is 3.44. The molecule has 0 saturated carbocycles. The number of benzene rings is 2. The lowest BCUT2D eigenvalue weighted by Crippen LogP contribution is -2.31. The van der Waals surface area contributed by atoms with Gasteiger partial charge >= 0.3 is 0 Å². The van der Waals surface area contributed by atoms with E-state index in [1.165, 1.54) is 12.0 Å². The number of methoxy groups -OCH3 is 1. The summed E-state index contributed by atoms with van der Waals surface area (Å²) in [5.74, 6) is -0.873. The van der Waals surface area contributed by atoms with Gasteiger partial charge in [-0.2, -0.15) is 0 Å². The number of ether oxygens (including phenoxy) is 2. The Morgan fingerprint density at radius 3 is 2.60 bits per heavy atom. The van der Waals surface area contributed by atoms with Crippen LogP contribution in [0.5, 0.6) is 11.5 Å². The summed E-state index contributed by atoms with van der Waals surface area (Å²) in [7, 11) is 1.51. The maximum atomic E-state index is 13.7. The highest BCUT2D eigenvalue weighted by molar-refractivity contribution is 6.20. The number of carbonyl (C=O) groups is 2. The van der Waals surface area contributed by atoms with E-state index < -0.39 is 23.5 Å². The van der Waals surface area contributed by atoms with Gasteiger partial charge in [-0.3, -0.25) is 19.5 Å². The number of pyridine rings is 1. The molecule has 1 N–H and O–H groups in total. The molecule has 8 nitrogen and oxygen atoms in total. The summed E-state index contributed by atoms with van der Waals surface area (Å²) >= 11 is 0. The Balaban J connectivity index is 1.61. The predicted molar refractivity (Wildman–Crippen MR) is 129 cm³/mol. The Labute approximate surface area is 201 Å². The number of ketones is 1. The van der Waals surface area contributed by atoms with Crippen molar-refractivity contribution in [3.8, 4) is 11.5 Å². The van der Waals surface area contributed by atoms with Crippen molar-refractivity contribution in [1.29, 1.82) is 0 Å². The van der Waals surface area contributed by atoms with Crippen LogP contribution in [0.3, 0.4) is 0 Å². The van der Waals surface area contributed by atoms with E-state index in [4.69, 9.17) is 13.9 Å². The number of hydrogen-bond donors (Lipinski definition) is 1. The molecule has 1 amide bonds. The summed E-state index contributed by atoms with van der Waals surface area (Å²) in [6, 6.07) is 18.0. The Kier molecular flexibility index (Phi) is 5.70. The molecular weight excluding hydrogens is 448 g/mol. The zero-order valence-electron chi connectivity index (χ0n) is 19.1. The first kappa shape index (κ1) is 22.2. The minimum absolute atomic E-state index is 0.0201. The van der Waals surface area contributed by atoms with Crippen LogP contribution in [0.2, 0.25) is 0 Å². The highest BCUT2D eigenvalue weighted by atomic mass is 16.5. The largest absolute Gasteiger partial charge is 0.503 e. The van der Waals surface area contributed by atoms with E-state index in [0.29, 0.717) is 40.5 Å². The van der Waals surface area contributed by atoms with Crippen molar-refractivity contribution in [3.63, 3.8) is 0 Å². The van der Waals surface area contributed by atoms with Gasteiger partial charge in [0.25, 0.3) is 5.91 Å². The lowest BCUT2D eigenvalue weighted by atomic mass is 9.98. The van der Waals surface area contributed by atoms with Crippen molar-refractivity contribution in [3.05, 3.63) is 95.7 Å². The third kappa shape index (κ3) is 3.78. The van der Waals surface area contributed by atoms with Crippen molar-refractivity contribution in [1.82, 2.24) is 4.98 Å². The maximum Gasteiger partial charge on any atom is 0.294 e. The molecule has 1 aliphatic rings. The summed E-state index contributed by atoms with van der Waals surface area (Å²) in [5, 5.41) is 11.6. The van der Waals surface area contributed by atoms with Crippen molar-refractivity contribution in [2.24, 2.45) is 0 Å². The monoisotopic (exact) mass is 470 g/mol. The average molecular weight is 470 g/mol. The normalized spacial score (nSPS) is 15.7. The summed E-state index contributed by atoms with van der Waals surface area (Å²) in [6.07, 6.45) is 1.57. The van der Waals surface area contributed by atoms with Crippen LogP contribution in [-0.2, 0) is 4.79 Å². The van der Waals surface area contributed by atoms with Gasteiger partial charge in [-0.05, 0) is 55.5 Å². The lowest BCUT2D eigenvalue weighted by Gasteiger charge is -2.26. The molecule has 2 aromatic heterocycles. The van der Waals surface area contributed by atoms with Crippen molar-refractivity contribution in [2.45, 2.75) is 13.0 Å². The number of carbonyl (C=O) groups excluding carboxylic acids is 2. The topological polar surface area (TPSA) is 102 Å². The summed E-state index contributed by atoms with van der Waals surface area (Å²) < 4.78 is 16.7. The number of amides is 1. The number of rotatable bonds is 7. The predicted octanol–water partition coefficient (Wildman–Crippen LogP) is 5.02. The second kappa shape index (κ2) is 8.98. The first-order chi connectivity index (χ1) is 17.0. The molecule has 1 unspecified atom stereocenters. The van der Waals surface area contributed by atoms with Crippen LogP contribution < -0.4 is 14.4 Å². The first-order valence-electron chi connectivity index (χ1n) is 11.0. The molecule has 1 atom stereocenters. The van der Waals surface area contributed by atoms with Gasteiger partial charge in [0.05, 0.1) is 25.0 Å². The molecule has 0 spiro atoms. The number of aromatic nitrogens is 1. The minimum atomic E-state index is -0.954. The number of furan rings is 1. The van der Waals surface area contributed by atoms with Crippen LogP contribution in [0.25, 0.3) is 11.0 Å². The quantitative estimate of drug-likeness (QED) is 0.379. The van der Waals surface area contributed by atoms with Gasteiger partial charge in [-0.25, -0.2) is 0 Å². The van der Waals surface area contributed by atoms with Crippen LogP contribution in [0, 0.1) is 0 Å².